The van der Waals surface area contributed by atoms with Gasteiger partial charge in [-0.2, -0.15) is 5.10 Å². The second-order valence-electron chi connectivity index (χ2n) is 11.3. The molecule has 0 saturated heterocycles. The number of rotatable bonds is 6. The molecular formula is C37H31N5O4. The summed E-state index contributed by atoms with van der Waals surface area (Å²) in [5.41, 5.74) is 10.7. The van der Waals surface area contributed by atoms with Crippen LogP contribution < -0.4 is 10.6 Å². The van der Waals surface area contributed by atoms with E-state index in [1.165, 1.54) is 28.9 Å². The molecule has 9 heteroatoms. The number of aromatic hydroxyl groups is 2. The molecule has 2 amide bonds. The first-order valence-corrected chi connectivity index (χ1v) is 15.0. The number of phenols is 2. The maximum atomic E-state index is 14.5. The van der Waals surface area contributed by atoms with Crippen molar-refractivity contribution in [1.82, 2.24) is 14.7 Å². The molecule has 0 unspecified atom stereocenters. The fourth-order valence-electron chi connectivity index (χ4n) is 6.16. The predicted molar refractivity (Wildman–Crippen MR) is 177 cm³/mol. The zero-order chi connectivity index (χ0) is 31.8. The van der Waals surface area contributed by atoms with E-state index < -0.39 is 5.91 Å². The topological polar surface area (TPSA) is 125 Å². The molecule has 2 heterocycles. The first-order valence-electron chi connectivity index (χ1n) is 15.0. The number of hydrogen-bond acceptors (Lipinski definition) is 6. The first-order chi connectivity index (χ1) is 22.4. The normalized spacial score (nSPS) is 14.2. The van der Waals surface area contributed by atoms with Crippen molar-refractivity contribution in [2.24, 2.45) is 5.73 Å². The molecule has 0 saturated carbocycles. The zero-order valence-electron chi connectivity index (χ0n) is 24.8. The number of benzene rings is 5. The van der Waals surface area contributed by atoms with E-state index in [0.29, 0.717) is 35.2 Å². The fraction of sp³-hybridized carbons (Fsp3) is 0.108. The number of para-hydroxylation sites is 2. The van der Waals surface area contributed by atoms with Crippen LogP contribution in [0.25, 0.3) is 16.6 Å². The van der Waals surface area contributed by atoms with Crippen LogP contribution in [0.3, 0.4) is 0 Å². The summed E-state index contributed by atoms with van der Waals surface area (Å²) in [5.74, 6) is -0.820. The van der Waals surface area contributed by atoms with Crippen LogP contribution in [0.4, 0.5) is 11.4 Å². The molecule has 0 fully saturated rings. The van der Waals surface area contributed by atoms with Crippen LogP contribution in [0.1, 0.15) is 32.0 Å². The number of nitrogens with two attached hydrogens (primary N) is 1. The summed E-state index contributed by atoms with van der Waals surface area (Å²) >= 11 is 0. The summed E-state index contributed by atoms with van der Waals surface area (Å²) in [6.07, 6.45) is 0.623. The summed E-state index contributed by atoms with van der Waals surface area (Å²) in [6, 6.07) is 35.4. The number of hydrogen-bond donors (Lipinski definition) is 3. The summed E-state index contributed by atoms with van der Waals surface area (Å²) in [5, 5.41) is 26.4. The quantitative estimate of drug-likeness (QED) is 0.215. The van der Waals surface area contributed by atoms with E-state index in [4.69, 9.17) is 10.8 Å². The minimum Gasteiger partial charge on any atom is -0.508 e. The van der Waals surface area contributed by atoms with Crippen molar-refractivity contribution in [3.8, 4) is 17.2 Å². The minimum atomic E-state index is -0.407. The van der Waals surface area contributed by atoms with Gasteiger partial charge in [0.2, 0.25) is 0 Å². The molecular weight excluding hydrogens is 578 g/mol. The van der Waals surface area contributed by atoms with Gasteiger partial charge in [0.1, 0.15) is 11.5 Å². The number of nitrogens with zero attached hydrogens (tertiary/aromatic N) is 4. The summed E-state index contributed by atoms with van der Waals surface area (Å²) in [7, 11) is 0. The van der Waals surface area contributed by atoms with Crippen molar-refractivity contribution >= 4 is 34.1 Å². The van der Waals surface area contributed by atoms with Gasteiger partial charge in [-0.3, -0.25) is 14.5 Å². The first kappa shape index (κ1) is 28.8. The molecule has 228 valence electrons. The molecule has 0 spiro atoms. The Morgan fingerprint density at radius 3 is 2.07 bits per heavy atom. The summed E-state index contributed by atoms with van der Waals surface area (Å²) < 4.78 is 1.44. The highest BCUT2D eigenvalue weighted by Gasteiger charge is 2.32. The van der Waals surface area contributed by atoms with E-state index in [0.717, 1.165) is 11.1 Å². The lowest BCUT2D eigenvalue weighted by molar-refractivity contribution is 0.0647. The van der Waals surface area contributed by atoms with Crippen molar-refractivity contribution in [2.75, 3.05) is 11.4 Å². The minimum absolute atomic E-state index is 0.0421. The average Bonchev–Trinajstić information content (AvgIpc) is 3.47. The van der Waals surface area contributed by atoms with Gasteiger partial charge in [0, 0.05) is 48.0 Å². The van der Waals surface area contributed by atoms with Gasteiger partial charge in [0.25, 0.3) is 11.8 Å². The Balaban J connectivity index is 1.37. The van der Waals surface area contributed by atoms with Crippen LogP contribution >= 0.6 is 0 Å². The molecule has 7 rings (SSSR count). The molecule has 1 aromatic heterocycles. The zero-order valence-corrected chi connectivity index (χ0v) is 24.8. The molecule has 9 nitrogen and oxygen atoms in total. The van der Waals surface area contributed by atoms with Crippen molar-refractivity contribution in [3.05, 3.63) is 144 Å². The Morgan fingerprint density at radius 2 is 1.39 bits per heavy atom. The third-order valence-electron chi connectivity index (χ3n) is 8.43. The van der Waals surface area contributed by atoms with Crippen LogP contribution in [0, 0.1) is 0 Å². The van der Waals surface area contributed by atoms with Gasteiger partial charge in [-0.05, 0) is 66.1 Å². The Kier molecular flexibility index (Phi) is 7.44. The Hall–Kier alpha value is -5.93. The molecule has 0 aliphatic carbocycles. The maximum absolute atomic E-state index is 14.5. The second kappa shape index (κ2) is 11.9. The molecule has 5 aromatic carbocycles. The van der Waals surface area contributed by atoms with E-state index in [-0.39, 0.29) is 46.9 Å². The number of anilines is 2. The predicted octanol–water partition coefficient (Wildman–Crippen LogP) is 5.94. The summed E-state index contributed by atoms with van der Waals surface area (Å²) in [6.45, 7) is 0.657. The molecule has 4 N–H and O–H groups in total. The molecule has 1 atom stereocenters. The summed E-state index contributed by atoms with van der Waals surface area (Å²) in [4.78, 5) is 32.1. The Morgan fingerprint density at radius 1 is 0.783 bits per heavy atom. The third kappa shape index (κ3) is 5.12. The third-order valence-corrected chi connectivity index (χ3v) is 8.43. The van der Waals surface area contributed by atoms with Crippen LogP contribution in [0.5, 0.6) is 11.5 Å². The number of amides is 2. The van der Waals surface area contributed by atoms with Crippen LogP contribution in [-0.4, -0.2) is 49.3 Å². The van der Waals surface area contributed by atoms with Crippen LogP contribution in [0.15, 0.2) is 121 Å². The van der Waals surface area contributed by atoms with Crippen LogP contribution in [0.2, 0.25) is 0 Å². The van der Waals surface area contributed by atoms with Crippen molar-refractivity contribution < 1.29 is 19.8 Å². The standard InChI is InChI=1S/C37H31N5O4/c38-22-28-19-24-9-7-8-10-25(24)23-40(28)36(45)32-18-16-30(44)21-34(32)42-33-20-29(43)15-17-31(33)35(39-42)37(46)41(26-11-3-1-4-12-26)27-13-5-2-6-14-27/h1-18,20-21,28,43-44H,19,22-23,38H2/t28-/m0/s1. The van der Waals surface area contributed by atoms with Gasteiger partial charge in [-0.15, -0.1) is 0 Å². The van der Waals surface area contributed by atoms with Gasteiger partial charge < -0.3 is 20.8 Å². The van der Waals surface area contributed by atoms with E-state index in [2.05, 4.69) is 6.07 Å². The lowest BCUT2D eigenvalue weighted by Gasteiger charge is -2.36. The number of fused-ring (bicyclic) bond motifs is 2. The number of carbonyl (C=O) groups excluding carboxylic acids is 2. The molecule has 46 heavy (non-hydrogen) atoms. The molecule has 0 radical (unpaired) electrons. The van der Waals surface area contributed by atoms with Crippen LogP contribution in [-0.2, 0) is 13.0 Å². The van der Waals surface area contributed by atoms with Crippen molar-refractivity contribution in [1.29, 1.82) is 0 Å². The lowest BCUT2D eigenvalue weighted by atomic mass is 9.93. The molecule has 6 aromatic rings. The average molecular weight is 610 g/mol. The van der Waals surface area contributed by atoms with E-state index >= 15 is 0 Å². The van der Waals surface area contributed by atoms with Gasteiger partial charge in [-0.1, -0.05) is 60.7 Å². The van der Waals surface area contributed by atoms with Gasteiger partial charge in [0.05, 0.1) is 16.8 Å². The highest BCUT2D eigenvalue weighted by atomic mass is 16.3. The smallest absolute Gasteiger partial charge is 0.283 e. The largest absolute Gasteiger partial charge is 0.508 e. The van der Waals surface area contributed by atoms with E-state index in [1.54, 1.807) is 21.9 Å². The Labute approximate surface area is 265 Å². The fourth-order valence-corrected chi connectivity index (χ4v) is 6.16. The van der Waals surface area contributed by atoms with Gasteiger partial charge in [0.15, 0.2) is 5.69 Å². The molecule has 1 aliphatic rings. The monoisotopic (exact) mass is 609 g/mol. The lowest BCUT2D eigenvalue weighted by Crippen LogP contribution is -2.48. The highest BCUT2D eigenvalue weighted by molar-refractivity contribution is 6.16. The van der Waals surface area contributed by atoms with Gasteiger partial charge >= 0.3 is 0 Å². The maximum Gasteiger partial charge on any atom is 0.283 e. The second-order valence-corrected chi connectivity index (χ2v) is 11.3. The Bertz CT molecular complexity index is 2040. The van der Waals surface area contributed by atoms with E-state index in [1.807, 2.05) is 78.9 Å². The van der Waals surface area contributed by atoms with Gasteiger partial charge in [-0.25, -0.2) is 4.68 Å². The SMILES string of the molecule is NC[C@@H]1Cc2ccccc2CN1C(=O)c1ccc(O)cc1-n1nc(C(=O)N(c2ccccc2)c2ccccc2)c2ccc(O)cc21. The number of phenolic OH excluding ortho intramolecular Hbond substituents is 2. The van der Waals surface area contributed by atoms with Crippen molar-refractivity contribution in [2.45, 2.75) is 19.0 Å². The number of aromatic nitrogens is 2. The highest BCUT2D eigenvalue weighted by Crippen LogP contribution is 2.34. The van der Waals surface area contributed by atoms with Crippen molar-refractivity contribution in [3.63, 3.8) is 0 Å². The number of carbonyl (C=O) groups is 2. The van der Waals surface area contributed by atoms with E-state index in [9.17, 15) is 19.8 Å². The molecule has 0 bridgehead atoms. The molecule has 1 aliphatic heterocycles.